The highest BCUT2D eigenvalue weighted by molar-refractivity contribution is 7.07. The Hall–Kier alpha value is -0.890. The Labute approximate surface area is 77.6 Å². The fraction of sp³-hybridized carbons (Fsp3) is 0.300. The van der Waals surface area contributed by atoms with Gasteiger partial charge in [-0.15, -0.1) is 0 Å². The molecule has 64 valence electrons. The van der Waals surface area contributed by atoms with Gasteiger partial charge in [-0.25, -0.2) is 0 Å². The lowest BCUT2D eigenvalue weighted by Gasteiger charge is -1.94. The van der Waals surface area contributed by atoms with Gasteiger partial charge in [0, 0.05) is 11.8 Å². The highest BCUT2D eigenvalue weighted by atomic mass is 32.1. The van der Waals surface area contributed by atoms with E-state index in [0.717, 1.165) is 12.0 Å². The van der Waals surface area contributed by atoms with E-state index in [0.29, 0.717) is 0 Å². The number of hydrogen-bond donors (Lipinski definition) is 0. The van der Waals surface area contributed by atoms with Gasteiger partial charge in [0.25, 0.3) is 0 Å². The third kappa shape index (κ3) is 2.05. The molecule has 0 aliphatic carbocycles. The SMILES string of the molecule is C=C(C)c1cnsc1/C=C\CC. The average molecular weight is 179 g/mol. The van der Waals surface area contributed by atoms with E-state index in [1.165, 1.54) is 22.0 Å². The first kappa shape index (κ1) is 9.20. The molecule has 0 aliphatic rings. The zero-order valence-electron chi connectivity index (χ0n) is 7.50. The molecule has 0 unspecified atom stereocenters. The first-order valence-electron chi connectivity index (χ1n) is 4.02. The molecule has 0 bridgehead atoms. The smallest absolute Gasteiger partial charge is 0.0549 e. The Morgan fingerprint density at radius 1 is 1.75 bits per heavy atom. The molecule has 0 atom stereocenters. The summed E-state index contributed by atoms with van der Waals surface area (Å²) in [4.78, 5) is 1.21. The maximum Gasteiger partial charge on any atom is 0.0549 e. The van der Waals surface area contributed by atoms with Crippen molar-refractivity contribution in [2.45, 2.75) is 20.3 Å². The third-order valence-corrected chi connectivity index (χ3v) is 2.33. The fourth-order valence-corrected chi connectivity index (χ4v) is 1.67. The van der Waals surface area contributed by atoms with Crippen LogP contribution in [0.2, 0.25) is 0 Å². The molecular formula is C10H13NS. The fourth-order valence-electron chi connectivity index (χ4n) is 0.914. The minimum atomic E-state index is 1.06. The number of aromatic nitrogens is 1. The van der Waals surface area contributed by atoms with Crippen LogP contribution in [0.3, 0.4) is 0 Å². The van der Waals surface area contributed by atoms with Crippen LogP contribution in [0.15, 0.2) is 18.9 Å². The lowest BCUT2D eigenvalue weighted by molar-refractivity contribution is 1.23. The van der Waals surface area contributed by atoms with E-state index in [1.807, 2.05) is 13.1 Å². The summed E-state index contributed by atoms with van der Waals surface area (Å²) in [6.07, 6.45) is 7.19. The van der Waals surface area contributed by atoms with E-state index in [2.05, 4.69) is 30.0 Å². The van der Waals surface area contributed by atoms with Crippen molar-refractivity contribution >= 4 is 23.2 Å². The van der Waals surface area contributed by atoms with E-state index < -0.39 is 0 Å². The zero-order chi connectivity index (χ0) is 8.97. The summed E-state index contributed by atoms with van der Waals surface area (Å²) in [7, 11) is 0. The number of nitrogens with zero attached hydrogens (tertiary/aromatic N) is 1. The third-order valence-electron chi connectivity index (χ3n) is 1.56. The molecule has 1 aromatic heterocycles. The first-order valence-corrected chi connectivity index (χ1v) is 4.80. The molecule has 0 aromatic carbocycles. The van der Waals surface area contributed by atoms with Gasteiger partial charge in [-0.1, -0.05) is 19.6 Å². The van der Waals surface area contributed by atoms with Gasteiger partial charge < -0.3 is 0 Å². The quantitative estimate of drug-likeness (QED) is 0.691. The van der Waals surface area contributed by atoms with Crippen molar-refractivity contribution in [2.75, 3.05) is 0 Å². The summed E-state index contributed by atoms with van der Waals surface area (Å²) in [5.41, 5.74) is 2.25. The Balaban J connectivity index is 2.91. The van der Waals surface area contributed by atoms with Gasteiger partial charge in [0.15, 0.2) is 0 Å². The average Bonchev–Trinajstić information content (AvgIpc) is 2.48. The largest absolute Gasteiger partial charge is 0.200 e. The standard InChI is InChI=1S/C10H13NS/c1-4-5-6-10-9(8(2)3)7-11-12-10/h5-7H,2,4H2,1,3H3/b6-5-. The predicted octanol–water partition coefficient (Wildman–Crippen LogP) is 3.60. The highest BCUT2D eigenvalue weighted by Gasteiger charge is 2.01. The zero-order valence-corrected chi connectivity index (χ0v) is 8.32. The molecule has 0 spiro atoms. The minimum absolute atomic E-state index is 1.06. The van der Waals surface area contributed by atoms with E-state index >= 15 is 0 Å². The second kappa shape index (κ2) is 4.21. The number of hydrogen-bond acceptors (Lipinski definition) is 2. The molecule has 1 heterocycles. The van der Waals surface area contributed by atoms with Crippen LogP contribution in [0.4, 0.5) is 0 Å². The first-order chi connectivity index (χ1) is 5.75. The topological polar surface area (TPSA) is 12.9 Å². The van der Waals surface area contributed by atoms with E-state index in [1.54, 1.807) is 0 Å². The van der Waals surface area contributed by atoms with Crippen LogP contribution in [0.5, 0.6) is 0 Å². The lowest BCUT2D eigenvalue weighted by Crippen LogP contribution is -1.74. The van der Waals surface area contributed by atoms with Crippen LogP contribution >= 0.6 is 11.5 Å². The number of rotatable bonds is 3. The molecule has 0 saturated carbocycles. The minimum Gasteiger partial charge on any atom is -0.200 e. The summed E-state index contributed by atoms with van der Waals surface area (Å²) in [5.74, 6) is 0. The van der Waals surface area contributed by atoms with Crippen LogP contribution in [-0.4, -0.2) is 4.37 Å². The van der Waals surface area contributed by atoms with Crippen LogP contribution < -0.4 is 0 Å². The van der Waals surface area contributed by atoms with Gasteiger partial charge in [-0.2, -0.15) is 4.37 Å². The second-order valence-corrected chi connectivity index (χ2v) is 3.53. The lowest BCUT2D eigenvalue weighted by atomic mass is 10.1. The van der Waals surface area contributed by atoms with Gasteiger partial charge in [-0.3, -0.25) is 0 Å². The maximum atomic E-state index is 4.13. The molecule has 2 heteroatoms. The molecule has 1 nitrogen and oxygen atoms in total. The molecule has 1 rings (SSSR count). The maximum absolute atomic E-state index is 4.13. The van der Waals surface area contributed by atoms with Crippen LogP contribution in [-0.2, 0) is 0 Å². The van der Waals surface area contributed by atoms with Gasteiger partial charge in [-0.05, 0) is 36.5 Å². The highest BCUT2D eigenvalue weighted by Crippen LogP contribution is 2.21. The van der Waals surface area contributed by atoms with Crippen molar-refractivity contribution in [1.29, 1.82) is 0 Å². The Kier molecular flexibility index (Phi) is 3.23. The van der Waals surface area contributed by atoms with Crippen molar-refractivity contribution in [1.82, 2.24) is 4.37 Å². The molecule has 0 amide bonds. The summed E-state index contributed by atoms with van der Waals surface area (Å²) >= 11 is 1.52. The molecule has 0 aliphatic heterocycles. The Morgan fingerprint density at radius 3 is 3.08 bits per heavy atom. The van der Waals surface area contributed by atoms with Gasteiger partial charge >= 0.3 is 0 Å². The second-order valence-electron chi connectivity index (χ2n) is 2.69. The summed E-state index contributed by atoms with van der Waals surface area (Å²) in [6, 6.07) is 0. The normalized spacial score (nSPS) is 10.8. The molecule has 0 saturated heterocycles. The summed E-state index contributed by atoms with van der Waals surface area (Å²) in [5, 5.41) is 0. The summed E-state index contributed by atoms with van der Waals surface area (Å²) < 4.78 is 4.13. The van der Waals surface area contributed by atoms with Gasteiger partial charge in [0.2, 0.25) is 0 Å². The van der Waals surface area contributed by atoms with E-state index in [4.69, 9.17) is 0 Å². The predicted molar refractivity (Wildman–Crippen MR) is 56.1 cm³/mol. The molecule has 1 aromatic rings. The molecule has 12 heavy (non-hydrogen) atoms. The Bertz CT molecular complexity index is 297. The van der Waals surface area contributed by atoms with E-state index in [9.17, 15) is 0 Å². The van der Waals surface area contributed by atoms with Crippen molar-refractivity contribution in [2.24, 2.45) is 0 Å². The summed E-state index contributed by atoms with van der Waals surface area (Å²) in [6.45, 7) is 8.03. The molecule has 0 N–H and O–H groups in total. The van der Waals surface area contributed by atoms with Gasteiger partial charge in [0.1, 0.15) is 0 Å². The number of allylic oxidation sites excluding steroid dienone is 2. The van der Waals surface area contributed by atoms with Gasteiger partial charge in [0.05, 0.1) is 4.88 Å². The molecular weight excluding hydrogens is 166 g/mol. The van der Waals surface area contributed by atoms with Crippen LogP contribution in [0.25, 0.3) is 11.6 Å². The van der Waals surface area contributed by atoms with Crippen molar-refractivity contribution in [3.8, 4) is 0 Å². The van der Waals surface area contributed by atoms with E-state index in [-0.39, 0.29) is 0 Å². The van der Waals surface area contributed by atoms with Crippen molar-refractivity contribution in [3.63, 3.8) is 0 Å². The molecule has 0 radical (unpaired) electrons. The van der Waals surface area contributed by atoms with Crippen LogP contribution in [0.1, 0.15) is 30.7 Å². The Morgan fingerprint density at radius 2 is 2.50 bits per heavy atom. The molecule has 0 fully saturated rings. The monoisotopic (exact) mass is 179 g/mol. The van der Waals surface area contributed by atoms with Crippen LogP contribution in [0, 0.1) is 0 Å². The van der Waals surface area contributed by atoms with Crippen molar-refractivity contribution < 1.29 is 0 Å². The van der Waals surface area contributed by atoms with Crippen molar-refractivity contribution in [3.05, 3.63) is 29.3 Å².